The van der Waals surface area contributed by atoms with Gasteiger partial charge in [-0.05, 0) is 36.4 Å². The summed E-state index contributed by atoms with van der Waals surface area (Å²) in [7, 11) is 0. The third-order valence-electron chi connectivity index (χ3n) is 4.23. The zero-order chi connectivity index (χ0) is 16.1. The molecule has 24 heavy (non-hydrogen) atoms. The van der Waals surface area contributed by atoms with E-state index in [9.17, 15) is 0 Å². The molecule has 3 heterocycles. The Bertz CT molecular complexity index is 1150. The van der Waals surface area contributed by atoms with Gasteiger partial charge in [0.05, 0.1) is 22.1 Å². The molecule has 0 bridgehead atoms. The molecule has 0 spiro atoms. The lowest BCUT2D eigenvalue weighted by atomic mass is 10.1. The number of nitrogens with zero attached hydrogens (tertiary/aromatic N) is 3. The van der Waals surface area contributed by atoms with Crippen LogP contribution in [-0.2, 0) is 0 Å². The molecule has 2 aromatic carbocycles. The highest BCUT2D eigenvalue weighted by atomic mass is 14.9. The van der Waals surface area contributed by atoms with Crippen molar-refractivity contribution in [3.63, 3.8) is 0 Å². The maximum absolute atomic E-state index is 5.91. The van der Waals surface area contributed by atoms with Gasteiger partial charge in [-0.1, -0.05) is 12.1 Å². The van der Waals surface area contributed by atoms with Crippen LogP contribution < -0.4 is 5.73 Å². The number of nitrogens with one attached hydrogen (secondary N) is 1. The highest BCUT2D eigenvalue weighted by Gasteiger charge is 2.14. The summed E-state index contributed by atoms with van der Waals surface area (Å²) in [4.78, 5) is 17.3. The first-order chi connectivity index (χ1) is 11.8. The second kappa shape index (κ2) is 4.76. The number of hydrogen-bond donors (Lipinski definition) is 2. The second-order valence-corrected chi connectivity index (χ2v) is 5.73. The number of imidazole rings is 1. The minimum Gasteiger partial charge on any atom is -0.399 e. The van der Waals surface area contributed by atoms with Crippen molar-refractivity contribution < 1.29 is 0 Å². The van der Waals surface area contributed by atoms with Crippen LogP contribution in [0.25, 0.3) is 44.2 Å². The molecule has 0 saturated heterocycles. The van der Waals surface area contributed by atoms with E-state index in [0.29, 0.717) is 5.69 Å². The topological polar surface area (TPSA) is 80.5 Å². The zero-order valence-electron chi connectivity index (χ0n) is 12.7. The summed E-state index contributed by atoms with van der Waals surface area (Å²) in [5.74, 6) is 0.791. The van der Waals surface area contributed by atoms with Gasteiger partial charge in [-0.2, -0.15) is 0 Å². The summed E-state index contributed by atoms with van der Waals surface area (Å²) in [6.45, 7) is 0. The Labute approximate surface area is 137 Å². The van der Waals surface area contributed by atoms with Crippen molar-refractivity contribution in [3.8, 4) is 11.4 Å². The van der Waals surface area contributed by atoms with Gasteiger partial charge in [-0.3, -0.25) is 9.97 Å². The van der Waals surface area contributed by atoms with Crippen molar-refractivity contribution in [2.75, 3.05) is 5.73 Å². The van der Waals surface area contributed by atoms with E-state index in [2.05, 4.69) is 15.0 Å². The number of H-pyrrole nitrogens is 1. The molecule has 3 aromatic heterocycles. The van der Waals surface area contributed by atoms with Crippen LogP contribution in [0, 0.1) is 0 Å². The maximum atomic E-state index is 5.91. The monoisotopic (exact) mass is 311 g/mol. The van der Waals surface area contributed by atoms with Crippen LogP contribution in [0.15, 0.2) is 60.9 Å². The zero-order valence-corrected chi connectivity index (χ0v) is 12.7. The molecule has 5 rings (SSSR count). The maximum Gasteiger partial charge on any atom is 0.138 e. The van der Waals surface area contributed by atoms with E-state index >= 15 is 0 Å². The third kappa shape index (κ3) is 1.78. The highest BCUT2D eigenvalue weighted by Crippen LogP contribution is 2.33. The van der Waals surface area contributed by atoms with E-state index in [-0.39, 0.29) is 0 Å². The quantitative estimate of drug-likeness (QED) is 0.363. The number of rotatable bonds is 1. The summed E-state index contributed by atoms with van der Waals surface area (Å²) in [6.07, 6.45) is 3.57. The van der Waals surface area contributed by atoms with Crippen LogP contribution in [0.4, 0.5) is 5.69 Å². The molecule has 5 heteroatoms. The molecule has 0 unspecified atom stereocenters. The van der Waals surface area contributed by atoms with Crippen molar-refractivity contribution >= 4 is 38.5 Å². The van der Waals surface area contributed by atoms with Gasteiger partial charge in [0.1, 0.15) is 5.82 Å². The number of aromatic nitrogens is 4. The van der Waals surface area contributed by atoms with Crippen molar-refractivity contribution in [1.82, 2.24) is 19.9 Å². The van der Waals surface area contributed by atoms with E-state index in [0.717, 1.165) is 44.2 Å². The SMILES string of the molecule is Nc1cccc(-c2nc3c4cccnc4c4ncccc4c3[nH]2)c1. The summed E-state index contributed by atoms with van der Waals surface area (Å²) >= 11 is 0. The van der Waals surface area contributed by atoms with Gasteiger partial charge in [0.25, 0.3) is 0 Å². The van der Waals surface area contributed by atoms with E-state index in [1.165, 1.54) is 0 Å². The number of anilines is 1. The van der Waals surface area contributed by atoms with Crippen LogP contribution in [0.5, 0.6) is 0 Å². The fourth-order valence-corrected chi connectivity index (χ4v) is 3.17. The number of nitrogen functional groups attached to an aromatic ring is 1. The van der Waals surface area contributed by atoms with E-state index in [1.807, 2.05) is 48.5 Å². The van der Waals surface area contributed by atoms with E-state index < -0.39 is 0 Å². The predicted molar refractivity (Wildman–Crippen MR) is 96.5 cm³/mol. The standard InChI is InChI=1S/C19H13N5/c20-12-5-1-4-11(10-12)19-23-17-13-6-2-8-21-15(13)16-14(18(17)24-19)7-3-9-22-16/h1-10H,20H2,(H,23,24). The predicted octanol–water partition coefficient (Wildman–Crippen LogP) is 3.91. The molecule has 0 aliphatic rings. The Morgan fingerprint density at radius 2 is 1.54 bits per heavy atom. The third-order valence-corrected chi connectivity index (χ3v) is 4.23. The molecule has 0 radical (unpaired) electrons. The molecular formula is C19H13N5. The summed E-state index contributed by atoms with van der Waals surface area (Å²) in [5.41, 5.74) is 11.2. The van der Waals surface area contributed by atoms with Gasteiger partial charge in [-0.25, -0.2) is 4.98 Å². The smallest absolute Gasteiger partial charge is 0.138 e. The minimum absolute atomic E-state index is 0.714. The number of benzene rings is 2. The summed E-state index contributed by atoms with van der Waals surface area (Å²) in [6, 6.07) is 15.6. The first-order valence-electron chi connectivity index (χ1n) is 7.68. The Balaban J connectivity index is 1.95. The first kappa shape index (κ1) is 13.0. The van der Waals surface area contributed by atoms with Gasteiger partial charge in [0, 0.05) is 34.4 Å². The molecule has 5 aromatic rings. The molecule has 3 N–H and O–H groups in total. The lowest BCUT2D eigenvalue weighted by molar-refractivity contribution is 1.34. The van der Waals surface area contributed by atoms with Gasteiger partial charge in [0.15, 0.2) is 0 Å². The van der Waals surface area contributed by atoms with Crippen molar-refractivity contribution in [2.24, 2.45) is 0 Å². The Morgan fingerprint density at radius 1 is 0.792 bits per heavy atom. The molecule has 0 aliphatic heterocycles. The van der Waals surface area contributed by atoms with Crippen molar-refractivity contribution in [1.29, 1.82) is 0 Å². The Kier molecular flexibility index (Phi) is 2.58. The molecule has 5 nitrogen and oxygen atoms in total. The number of fused-ring (bicyclic) bond motifs is 6. The normalized spacial score (nSPS) is 11.5. The van der Waals surface area contributed by atoms with Crippen LogP contribution in [-0.4, -0.2) is 19.9 Å². The summed E-state index contributed by atoms with van der Waals surface area (Å²) in [5, 5.41) is 2.01. The molecule has 0 saturated carbocycles. The van der Waals surface area contributed by atoms with Crippen molar-refractivity contribution in [2.45, 2.75) is 0 Å². The van der Waals surface area contributed by atoms with Crippen molar-refractivity contribution in [3.05, 3.63) is 60.9 Å². The molecule has 0 atom stereocenters. The van der Waals surface area contributed by atoms with E-state index in [1.54, 1.807) is 12.4 Å². The Hall–Kier alpha value is -3.47. The lowest BCUT2D eigenvalue weighted by Gasteiger charge is -2.03. The number of aromatic amines is 1. The molecular weight excluding hydrogens is 298 g/mol. The molecule has 0 aliphatic carbocycles. The minimum atomic E-state index is 0.714. The van der Waals surface area contributed by atoms with Crippen LogP contribution >= 0.6 is 0 Å². The number of hydrogen-bond acceptors (Lipinski definition) is 4. The number of nitrogens with two attached hydrogens (primary N) is 1. The highest BCUT2D eigenvalue weighted by molar-refractivity contribution is 6.21. The average Bonchev–Trinajstić information content (AvgIpc) is 3.08. The van der Waals surface area contributed by atoms with Gasteiger partial charge < -0.3 is 10.7 Å². The van der Waals surface area contributed by atoms with Gasteiger partial charge in [-0.15, -0.1) is 0 Å². The fourth-order valence-electron chi connectivity index (χ4n) is 3.17. The number of pyridine rings is 2. The lowest BCUT2D eigenvalue weighted by Crippen LogP contribution is -1.86. The van der Waals surface area contributed by atoms with Crippen LogP contribution in [0.2, 0.25) is 0 Å². The second-order valence-electron chi connectivity index (χ2n) is 5.73. The fraction of sp³-hybridized carbons (Fsp3) is 0. The van der Waals surface area contributed by atoms with E-state index in [4.69, 9.17) is 10.7 Å². The summed E-state index contributed by atoms with van der Waals surface area (Å²) < 4.78 is 0. The van der Waals surface area contributed by atoms with Gasteiger partial charge >= 0.3 is 0 Å². The van der Waals surface area contributed by atoms with Crippen LogP contribution in [0.1, 0.15) is 0 Å². The first-order valence-corrected chi connectivity index (χ1v) is 7.68. The van der Waals surface area contributed by atoms with Crippen LogP contribution in [0.3, 0.4) is 0 Å². The largest absolute Gasteiger partial charge is 0.399 e. The van der Waals surface area contributed by atoms with Gasteiger partial charge in [0.2, 0.25) is 0 Å². The average molecular weight is 311 g/mol. The molecule has 114 valence electrons. The molecule has 0 amide bonds. The molecule has 0 fully saturated rings. The Morgan fingerprint density at radius 3 is 2.33 bits per heavy atom.